The zero-order chi connectivity index (χ0) is 27.3. The molecule has 0 atom stereocenters. The fourth-order valence-corrected chi connectivity index (χ4v) is 6.71. The van der Waals surface area contributed by atoms with E-state index in [1.807, 2.05) is 48.5 Å². The number of hydrogen-bond acceptors (Lipinski definition) is 4. The first kappa shape index (κ1) is 22.6. The van der Waals surface area contributed by atoms with Gasteiger partial charge in [0.25, 0.3) is 0 Å². The second kappa shape index (κ2) is 7.92. The van der Waals surface area contributed by atoms with Crippen molar-refractivity contribution in [2.75, 3.05) is 0 Å². The van der Waals surface area contributed by atoms with E-state index in [4.69, 9.17) is 18.8 Å². The minimum absolute atomic E-state index is 0.0943. The van der Waals surface area contributed by atoms with E-state index in [0.29, 0.717) is 11.4 Å². The minimum atomic E-state index is -0.0943. The van der Waals surface area contributed by atoms with Gasteiger partial charge >= 0.3 is 0 Å². The van der Waals surface area contributed by atoms with Crippen LogP contribution in [0.25, 0.3) is 77.8 Å². The molecule has 0 aliphatic heterocycles. The van der Waals surface area contributed by atoms with E-state index in [0.717, 1.165) is 55.2 Å². The molecule has 0 saturated heterocycles. The van der Waals surface area contributed by atoms with Gasteiger partial charge in [0, 0.05) is 32.7 Å². The van der Waals surface area contributed by atoms with Gasteiger partial charge in [0.05, 0.1) is 0 Å². The second-order valence-electron chi connectivity index (χ2n) is 11.4. The molecule has 0 radical (unpaired) electrons. The SMILES string of the molecule is CC1(C)c2ccccc2-c2cc3c(cc21)oc1cccc(-c2nc(-c4ccccc4)c4oc5ccccc5c4n2)c13. The topological polar surface area (TPSA) is 52.1 Å². The van der Waals surface area contributed by atoms with Gasteiger partial charge in [-0.2, -0.15) is 0 Å². The second-order valence-corrected chi connectivity index (χ2v) is 11.4. The molecule has 3 aromatic heterocycles. The first-order chi connectivity index (χ1) is 20.1. The third-order valence-electron chi connectivity index (χ3n) is 8.71. The molecular weight excluding hydrogens is 504 g/mol. The van der Waals surface area contributed by atoms with Crippen molar-refractivity contribution in [2.24, 2.45) is 0 Å². The summed E-state index contributed by atoms with van der Waals surface area (Å²) >= 11 is 0. The Hall–Kier alpha value is -5.22. The molecule has 0 unspecified atom stereocenters. The summed E-state index contributed by atoms with van der Waals surface area (Å²) < 4.78 is 12.8. The van der Waals surface area contributed by atoms with Crippen molar-refractivity contribution in [3.05, 3.63) is 120 Å². The molecule has 3 heterocycles. The molecule has 4 heteroatoms. The van der Waals surface area contributed by atoms with E-state index in [2.05, 4.69) is 74.5 Å². The normalized spacial score (nSPS) is 13.8. The molecule has 41 heavy (non-hydrogen) atoms. The van der Waals surface area contributed by atoms with Crippen LogP contribution in [0, 0.1) is 0 Å². The molecule has 4 nitrogen and oxygen atoms in total. The summed E-state index contributed by atoms with van der Waals surface area (Å²) in [5, 5.41) is 3.08. The summed E-state index contributed by atoms with van der Waals surface area (Å²) in [4.78, 5) is 10.3. The van der Waals surface area contributed by atoms with E-state index in [1.54, 1.807) is 0 Å². The lowest BCUT2D eigenvalue weighted by atomic mass is 9.82. The summed E-state index contributed by atoms with van der Waals surface area (Å²) in [5.74, 6) is 0.650. The molecule has 0 saturated carbocycles. The van der Waals surface area contributed by atoms with Crippen LogP contribution in [0.15, 0.2) is 118 Å². The number of hydrogen-bond donors (Lipinski definition) is 0. The van der Waals surface area contributed by atoms with Crippen molar-refractivity contribution in [3.8, 4) is 33.8 Å². The smallest absolute Gasteiger partial charge is 0.180 e. The van der Waals surface area contributed by atoms with Crippen LogP contribution in [-0.2, 0) is 5.41 Å². The lowest BCUT2D eigenvalue weighted by molar-refractivity contribution is 0.647. The Bertz CT molecular complexity index is 2340. The highest BCUT2D eigenvalue weighted by Crippen LogP contribution is 2.51. The molecule has 0 bridgehead atoms. The van der Waals surface area contributed by atoms with Crippen molar-refractivity contribution in [3.63, 3.8) is 0 Å². The summed E-state index contributed by atoms with van der Waals surface area (Å²) in [5.41, 5.74) is 11.8. The average Bonchev–Trinajstić information content (AvgIpc) is 3.64. The molecule has 5 aromatic carbocycles. The quantitative estimate of drug-likeness (QED) is 0.224. The molecule has 8 aromatic rings. The van der Waals surface area contributed by atoms with Gasteiger partial charge in [0.2, 0.25) is 0 Å². The van der Waals surface area contributed by atoms with E-state index in [-0.39, 0.29) is 5.41 Å². The fraction of sp³-hybridized carbons (Fsp3) is 0.0811. The Labute approximate surface area is 235 Å². The Kier molecular flexibility index (Phi) is 4.36. The lowest BCUT2D eigenvalue weighted by Crippen LogP contribution is -2.14. The molecule has 0 N–H and O–H groups in total. The van der Waals surface area contributed by atoms with Gasteiger partial charge in [-0.25, -0.2) is 9.97 Å². The highest BCUT2D eigenvalue weighted by atomic mass is 16.3. The van der Waals surface area contributed by atoms with E-state index in [1.165, 1.54) is 22.3 Å². The Morgan fingerprint density at radius 1 is 0.561 bits per heavy atom. The first-order valence-corrected chi connectivity index (χ1v) is 13.9. The molecule has 1 aliphatic rings. The van der Waals surface area contributed by atoms with Gasteiger partial charge in [-0.05, 0) is 52.6 Å². The van der Waals surface area contributed by atoms with Crippen LogP contribution in [0.2, 0.25) is 0 Å². The zero-order valence-corrected chi connectivity index (χ0v) is 22.6. The number of aromatic nitrogens is 2. The largest absolute Gasteiger partial charge is 0.456 e. The average molecular weight is 529 g/mol. The van der Waals surface area contributed by atoms with Crippen LogP contribution in [-0.4, -0.2) is 9.97 Å². The lowest BCUT2D eigenvalue weighted by Gasteiger charge is -2.21. The van der Waals surface area contributed by atoms with Gasteiger partial charge in [0.15, 0.2) is 11.4 Å². The number of rotatable bonds is 2. The standard InChI is InChI=1S/C37H24N2O2/c1-37(2)27-16-8-6-13-22(27)25-19-26-31(20-28(25)37)40-30-18-10-15-24(32(26)30)36-38-33(21-11-4-3-5-12-21)35-34(39-36)23-14-7-9-17-29(23)41-35/h3-20H,1-2H3. The highest BCUT2D eigenvalue weighted by Gasteiger charge is 2.36. The maximum Gasteiger partial charge on any atom is 0.180 e. The van der Waals surface area contributed by atoms with Gasteiger partial charge in [-0.1, -0.05) is 92.7 Å². The first-order valence-electron chi connectivity index (χ1n) is 13.9. The third kappa shape index (κ3) is 3.05. The van der Waals surface area contributed by atoms with Gasteiger partial charge in [-0.3, -0.25) is 0 Å². The van der Waals surface area contributed by atoms with Crippen LogP contribution in [0.1, 0.15) is 25.0 Å². The van der Waals surface area contributed by atoms with Crippen molar-refractivity contribution < 1.29 is 8.83 Å². The number of fused-ring (bicyclic) bond motifs is 9. The number of furan rings is 2. The van der Waals surface area contributed by atoms with Crippen LogP contribution < -0.4 is 0 Å². The minimum Gasteiger partial charge on any atom is -0.456 e. The van der Waals surface area contributed by atoms with Crippen molar-refractivity contribution in [2.45, 2.75) is 19.3 Å². The maximum absolute atomic E-state index is 6.52. The van der Waals surface area contributed by atoms with Crippen LogP contribution >= 0.6 is 0 Å². The van der Waals surface area contributed by atoms with Crippen LogP contribution in [0.5, 0.6) is 0 Å². The molecule has 1 aliphatic carbocycles. The summed E-state index contributed by atoms with van der Waals surface area (Å²) in [6.07, 6.45) is 0. The molecule has 0 fully saturated rings. The Morgan fingerprint density at radius 2 is 1.32 bits per heavy atom. The summed E-state index contributed by atoms with van der Waals surface area (Å²) in [6.45, 7) is 4.59. The number of para-hydroxylation sites is 1. The van der Waals surface area contributed by atoms with Gasteiger partial charge < -0.3 is 8.83 Å². The highest BCUT2D eigenvalue weighted by molar-refractivity contribution is 6.14. The van der Waals surface area contributed by atoms with Gasteiger partial charge in [0.1, 0.15) is 28.0 Å². The van der Waals surface area contributed by atoms with E-state index < -0.39 is 0 Å². The monoisotopic (exact) mass is 528 g/mol. The number of nitrogens with zero attached hydrogens (tertiary/aromatic N) is 2. The molecule has 0 amide bonds. The summed E-state index contributed by atoms with van der Waals surface area (Å²) in [7, 11) is 0. The van der Waals surface area contributed by atoms with E-state index in [9.17, 15) is 0 Å². The maximum atomic E-state index is 6.52. The molecule has 194 valence electrons. The van der Waals surface area contributed by atoms with Crippen molar-refractivity contribution in [1.82, 2.24) is 9.97 Å². The van der Waals surface area contributed by atoms with Crippen molar-refractivity contribution >= 4 is 44.0 Å². The Balaban J connectivity index is 1.37. The van der Waals surface area contributed by atoms with Crippen LogP contribution in [0.3, 0.4) is 0 Å². The number of benzene rings is 5. The molecular formula is C37H24N2O2. The van der Waals surface area contributed by atoms with Crippen molar-refractivity contribution in [1.29, 1.82) is 0 Å². The van der Waals surface area contributed by atoms with Crippen LogP contribution in [0.4, 0.5) is 0 Å². The third-order valence-corrected chi connectivity index (χ3v) is 8.71. The predicted molar refractivity (Wildman–Crippen MR) is 165 cm³/mol. The van der Waals surface area contributed by atoms with E-state index >= 15 is 0 Å². The molecule has 0 spiro atoms. The zero-order valence-electron chi connectivity index (χ0n) is 22.6. The molecule has 9 rings (SSSR count). The van der Waals surface area contributed by atoms with Gasteiger partial charge in [-0.15, -0.1) is 0 Å². The Morgan fingerprint density at radius 3 is 2.22 bits per heavy atom. The summed E-state index contributed by atoms with van der Waals surface area (Å²) in [6, 6.07) is 37.6. The predicted octanol–water partition coefficient (Wildman–Crippen LogP) is 9.92. The fourth-order valence-electron chi connectivity index (χ4n) is 6.71.